The van der Waals surface area contributed by atoms with E-state index in [0.717, 1.165) is 10.4 Å². The van der Waals surface area contributed by atoms with Crippen LogP contribution in [0.15, 0.2) is 65.8 Å². The van der Waals surface area contributed by atoms with Gasteiger partial charge in [-0.25, -0.2) is 9.97 Å². The summed E-state index contributed by atoms with van der Waals surface area (Å²) < 4.78 is 1.34. The summed E-state index contributed by atoms with van der Waals surface area (Å²) in [5.74, 6) is -0.529. The molecule has 0 aliphatic rings. The first-order chi connectivity index (χ1) is 13.1. The monoisotopic (exact) mass is 396 g/mol. The molecule has 0 atom stereocenters. The summed E-state index contributed by atoms with van der Waals surface area (Å²) in [6.07, 6.45) is 5.26. The SMILES string of the molecule is O=C(Nc1ncc(Cc2ccc(Cl)cc2)s1)c1cnc2ccccn2c1=O. The van der Waals surface area contributed by atoms with Gasteiger partial charge in [0.15, 0.2) is 5.13 Å². The first-order valence-electron chi connectivity index (χ1n) is 8.07. The van der Waals surface area contributed by atoms with Gasteiger partial charge in [-0.15, -0.1) is 11.3 Å². The normalized spacial score (nSPS) is 10.9. The van der Waals surface area contributed by atoms with Gasteiger partial charge >= 0.3 is 0 Å². The van der Waals surface area contributed by atoms with Gasteiger partial charge in [0, 0.05) is 34.9 Å². The van der Waals surface area contributed by atoms with Gasteiger partial charge in [0.25, 0.3) is 11.5 Å². The topological polar surface area (TPSA) is 76.4 Å². The number of anilines is 1. The lowest BCUT2D eigenvalue weighted by Crippen LogP contribution is -2.26. The minimum Gasteiger partial charge on any atom is -0.298 e. The first kappa shape index (κ1) is 17.4. The average Bonchev–Trinajstić information content (AvgIpc) is 3.11. The zero-order valence-corrected chi connectivity index (χ0v) is 15.5. The van der Waals surface area contributed by atoms with Crippen molar-refractivity contribution in [2.45, 2.75) is 6.42 Å². The Kier molecular flexibility index (Phi) is 4.70. The minimum absolute atomic E-state index is 0.0341. The van der Waals surface area contributed by atoms with Crippen molar-refractivity contribution in [1.29, 1.82) is 0 Å². The van der Waals surface area contributed by atoms with Crippen molar-refractivity contribution in [2.24, 2.45) is 0 Å². The summed E-state index contributed by atoms with van der Waals surface area (Å²) in [6.45, 7) is 0. The van der Waals surface area contributed by atoms with E-state index in [9.17, 15) is 9.59 Å². The number of hydrogen-bond acceptors (Lipinski definition) is 5. The molecular formula is C19H13ClN4O2S. The number of fused-ring (bicyclic) bond motifs is 1. The smallest absolute Gasteiger partial charge is 0.270 e. The molecule has 0 saturated heterocycles. The van der Waals surface area contributed by atoms with Gasteiger partial charge in [-0.05, 0) is 29.8 Å². The second kappa shape index (κ2) is 7.30. The molecule has 0 radical (unpaired) electrons. The molecule has 0 bridgehead atoms. The molecule has 0 saturated carbocycles. The van der Waals surface area contributed by atoms with Gasteiger partial charge in [-0.1, -0.05) is 29.8 Å². The van der Waals surface area contributed by atoms with Crippen LogP contribution >= 0.6 is 22.9 Å². The lowest BCUT2D eigenvalue weighted by atomic mass is 10.1. The summed E-state index contributed by atoms with van der Waals surface area (Å²) in [4.78, 5) is 34.3. The fourth-order valence-electron chi connectivity index (χ4n) is 2.60. The molecule has 0 fully saturated rings. The molecule has 0 aliphatic carbocycles. The average molecular weight is 397 g/mol. The van der Waals surface area contributed by atoms with Crippen LogP contribution in [0.25, 0.3) is 5.65 Å². The second-order valence-electron chi connectivity index (χ2n) is 5.79. The number of rotatable bonds is 4. The molecule has 3 heterocycles. The number of thiazole rings is 1. The molecule has 1 amide bonds. The fourth-order valence-corrected chi connectivity index (χ4v) is 3.57. The Morgan fingerprint density at radius 2 is 1.93 bits per heavy atom. The zero-order valence-electron chi connectivity index (χ0n) is 13.9. The molecule has 27 heavy (non-hydrogen) atoms. The highest BCUT2D eigenvalue weighted by Crippen LogP contribution is 2.22. The van der Waals surface area contributed by atoms with Gasteiger partial charge < -0.3 is 0 Å². The van der Waals surface area contributed by atoms with E-state index in [2.05, 4.69) is 15.3 Å². The summed E-state index contributed by atoms with van der Waals surface area (Å²) in [6, 6.07) is 12.7. The Bertz CT molecular complexity index is 1180. The van der Waals surface area contributed by atoms with Gasteiger partial charge in [0.05, 0.1) is 0 Å². The summed E-state index contributed by atoms with van der Waals surface area (Å²) in [5.41, 5.74) is 1.13. The van der Waals surface area contributed by atoms with Gasteiger partial charge in [0.2, 0.25) is 0 Å². The van der Waals surface area contributed by atoms with Crippen molar-refractivity contribution >= 4 is 39.6 Å². The van der Waals surface area contributed by atoms with Crippen LogP contribution in [0.5, 0.6) is 0 Å². The van der Waals surface area contributed by atoms with Crippen LogP contribution in [-0.4, -0.2) is 20.3 Å². The van der Waals surface area contributed by atoms with Gasteiger partial charge in [-0.2, -0.15) is 0 Å². The predicted molar refractivity (Wildman–Crippen MR) is 106 cm³/mol. The maximum absolute atomic E-state index is 12.5. The minimum atomic E-state index is -0.529. The number of hydrogen-bond donors (Lipinski definition) is 1. The maximum Gasteiger partial charge on any atom is 0.270 e. The number of nitrogens with one attached hydrogen (secondary N) is 1. The van der Waals surface area contributed by atoms with Crippen LogP contribution in [0.2, 0.25) is 5.02 Å². The van der Waals surface area contributed by atoms with Crippen molar-refractivity contribution in [3.8, 4) is 0 Å². The third-order valence-electron chi connectivity index (χ3n) is 3.92. The third-order valence-corrected chi connectivity index (χ3v) is 5.09. The Hall–Kier alpha value is -3.03. The number of aromatic nitrogens is 3. The fraction of sp³-hybridized carbons (Fsp3) is 0.0526. The van der Waals surface area contributed by atoms with Gasteiger partial charge in [0.1, 0.15) is 11.2 Å². The molecule has 8 heteroatoms. The molecule has 4 aromatic rings. The van der Waals surface area contributed by atoms with Crippen molar-refractivity contribution < 1.29 is 4.79 Å². The highest BCUT2D eigenvalue weighted by atomic mass is 35.5. The Morgan fingerprint density at radius 1 is 1.11 bits per heavy atom. The van der Waals surface area contributed by atoms with Crippen molar-refractivity contribution in [3.05, 3.63) is 92.4 Å². The Balaban J connectivity index is 1.52. The van der Waals surface area contributed by atoms with E-state index in [0.29, 0.717) is 22.2 Å². The number of benzene rings is 1. The highest BCUT2D eigenvalue weighted by molar-refractivity contribution is 7.15. The van der Waals surface area contributed by atoms with Gasteiger partial charge in [-0.3, -0.25) is 19.3 Å². The zero-order chi connectivity index (χ0) is 18.8. The van der Waals surface area contributed by atoms with Crippen LogP contribution in [0, 0.1) is 0 Å². The molecule has 1 aromatic carbocycles. The number of halogens is 1. The largest absolute Gasteiger partial charge is 0.298 e. The summed E-state index contributed by atoms with van der Waals surface area (Å²) in [7, 11) is 0. The Labute approximate surface area is 163 Å². The molecule has 6 nitrogen and oxygen atoms in total. The molecule has 4 rings (SSSR count). The van der Waals surface area contributed by atoms with Crippen LogP contribution in [0.1, 0.15) is 20.8 Å². The van der Waals surface area contributed by atoms with E-state index in [1.165, 1.54) is 21.9 Å². The van der Waals surface area contributed by atoms with E-state index in [1.807, 2.05) is 24.3 Å². The molecular weight excluding hydrogens is 384 g/mol. The van der Waals surface area contributed by atoms with E-state index < -0.39 is 11.5 Å². The summed E-state index contributed by atoms with van der Waals surface area (Å²) >= 11 is 7.25. The standard InChI is InChI=1S/C19H13ClN4O2S/c20-13-6-4-12(5-7-13)9-14-10-22-19(27-14)23-17(25)15-11-21-16-3-1-2-8-24(16)18(15)26/h1-8,10-11H,9H2,(H,22,23,25). The molecule has 1 N–H and O–H groups in total. The molecule has 3 aromatic heterocycles. The van der Waals surface area contributed by atoms with Crippen LogP contribution < -0.4 is 10.9 Å². The highest BCUT2D eigenvalue weighted by Gasteiger charge is 2.15. The predicted octanol–water partition coefficient (Wildman–Crippen LogP) is 3.65. The lowest BCUT2D eigenvalue weighted by Gasteiger charge is -2.03. The first-order valence-corrected chi connectivity index (χ1v) is 9.26. The van der Waals surface area contributed by atoms with Crippen molar-refractivity contribution in [3.63, 3.8) is 0 Å². The lowest BCUT2D eigenvalue weighted by molar-refractivity contribution is 0.102. The molecule has 134 valence electrons. The quantitative estimate of drug-likeness (QED) is 0.571. The molecule has 0 spiro atoms. The number of pyridine rings is 1. The van der Waals surface area contributed by atoms with Crippen molar-refractivity contribution in [1.82, 2.24) is 14.4 Å². The van der Waals surface area contributed by atoms with E-state index in [1.54, 1.807) is 30.6 Å². The maximum atomic E-state index is 12.5. The van der Waals surface area contributed by atoms with Crippen LogP contribution in [0.4, 0.5) is 5.13 Å². The molecule has 0 unspecified atom stereocenters. The second-order valence-corrected chi connectivity index (χ2v) is 7.35. The number of carbonyl (C=O) groups is 1. The van der Waals surface area contributed by atoms with E-state index in [4.69, 9.17) is 11.6 Å². The van der Waals surface area contributed by atoms with E-state index in [-0.39, 0.29) is 5.56 Å². The molecule has 0 aliphatic heterocycles. The van der Waals surface area contributed by atoms with Crippen molar-refractivity contribution in [2.75, 3.05) is 5.32 Å². The third kappa shape index (κ3) is 3.74. The van der Waals surface area contributed by atoms with E-state index >= 15 is 0 Å². The van der Waals surface area contributed by atoms with Crippen LogP contribution in [-0.2, 0) is 6.42 Å². The van der Waals surface area contributed by atoms with Crippen LogP contribution in [0.3, 0.4) is 0 Å². The Morgan fingerprint density at radius 3 is 2.74 bits per heavy atom. The number of carbonyl (C=O) groups excluding carboxylic acids is 1. The summed E-state index contributed by atoms with van der Waals surface area (Å²) in [5, 5.41) is 3.79. The number of nitrogens with zero attached hydrogens (tertiary/aromatic N) is 3. The number of amides is 1.